The van der Waals surface area contributed by atoms with Gasteiger partial charge >= 0.3 is 0 Å². The predicted octanol–water partition coefficient (Wildman–Crippen LogP) is 3.75. The van der Waals surface area contributed by atoms with Crippen molar-refractivity contribution < 1.29 is 0 Å². The van der Waals surface area contributed by atoms with E-state index in [0.29, 0.717) is 5.95 Å². The van der Waals surface area contributed by atoms with Crippen LogP contribution in [-0.4, -0.2) is 31.7 Å². The minimum atomic E-state index is 0.644. The van der Waals surface area contributed by atoms with Crippen LogP contribution in [0.15, 0.2) is 60.0 Å². The molecule has 7 heteroatoms. The van der Waals surface area contributed by atoms with Crippen LogP contribution in [0.25, 0.3) is 16.9 Å². The maximum atomic E-state index is 4.53. The van der Waals surface area contributed by atoms with Gasteiger partial charge in [-0.15, -0.1) is 11.3 Å². The molecule has 130 valence electrons. The maximum Gasteiger partial charge on any atom is 0.247 e. The molecule has 0 saturated heterocycles. The minimum absolute atomic E-state index is 0.644. The van der Waals surface area contributed by atoms with Crippen LogP contribution < -0.4 is 5.32 Å². The first-order valence-corrected chi connectivity index (χ1v) is 9.27. The highest BCUT2D eigenvalue weighted by Gasteiger charge is 2.07. The number of thiazole rings is 1. The Morgan fingerprint density at radius 1 is 1.04 bits per heavy atom. The van der Waals surface area contributed by atoms with Crippen molar-refractivity contribution in [2.75, 3.05) is 11.9 Å². The normalized spacial score (nSPS) is 10.8. The van der Waals surface area contributed by atoms with E-state index < -0.39 is 0 Å². The van der Waals surface area contributed by atoms with Crippen molar-refractivity contribution >= 4 is 17.3 Å². The average Bonchev–Trinajstić information content (AvgIpc) is 3.32. The minimum Gasteiger partial charge on any atom is -0.352 e. The lowest BCUT2D eigenvalue weighted by atomic mass is 10.1. The van der Waals surface area contributed by atoms with Crippen molar-refractivity contribution in [2.45, 2.75) is 13.3 Å². The van der Waals surface area contributed by atoms with Gasteiger partial charge in [0.2, 0.25) is 5.95 Å². The van der Waals surface area contributed by atoms with Crippen molar-refractivity contribution in [3.05, 3.63) is 70.5 Å². The summed E-state index contributed by atoms with van der Waals surface area (Å²) in [6, 6.07) is 18.4. The molecule has 2 aromatic carbocycles. The first-order valence-electron chi connectivity index (χ1n) is 8.39. The van der Waals surface area contributed by atoms with Crippen molar-refractivity contribution in [3.8, 4) is 16.9 Å². The lowest BCUT2D eigenvalue weighted by Gasteiger charge is -2.07. The molecule has 2 heterocycles. The van der Waals surface area contributed by atoms with Gasteiger partial charge in [-0.1, -0.05) is 47.6 Å². The Morgan fingerprint density at radius 2 is 1.85 bits per heavy atom. The zero-order valence-electron chi connectivity index (χ0n) is 14.3. The topological polar surface area (TPSA) is 68.5 Å². The summed E-state index contributed by atoms with van der Waals surface area (Å²) in [6.45, 7) is 2.78. The van der Waals surface area contributed by atoms with Gasteiger partial charge in [-0.25, -0.2) is 4.98 Å². The summed E-state index contributed by atoms with van der Waals surface area (Å²) in [5.74, 6) is 0.644. The van der Waals surface area contributed by atoms with Crippen molar-refractivity contribution in [2.24, 2.45) is 0 Å². The van der Waals surface area contributed by atoms with E-state index in [9.17, 15) is 0 Å². The molecule has 0 atom stereocenters. The molecule has 0 fully saturated rings. The first-order chi connectivity index (χ1) is 12.8. The zero-order valence-corrected chi connectivity index (χ0v) is 15.1. The van der Waals surface area contributed by atoms with E-state index >= 15 is 0 Å². The van der Waals surface area contributed by atoms with Gasteiger partial charge < -0.3 is 5.32 Å². The summed E-state index contributed by atoms with van der Waals surface area (Å²) in [4.78, 5) is 4.53. The number of rotatable bonds is 6. The van der Waals surface area contributed by atoms with E-state index in [1.807, 2.05) is 37.3 Å². The van der Waals surface area contributed by atoms with E-state index in [-0.39, 0.29) is 0 Å². The fourth-order valence-corrected chi connectivity index (χ4v) is 3.32. The van der Waals surface area contributed by atoms with E-state index in [0.717, 1.165) is 34.9 Å². The van der Waals surface area contributed by atoms with Gasteiger partial charge in [0.25, 0.3) is 0 Å². The second-order valence-electron chi connectivity index (χ2n) is 5.88. The Balaban J connectivity index is 1.38. The highest BCUT2D eigenvalue weighted by Crippen LogP contribution is 2.22. The zero-order chi connectivity index (χ0) is 17.8. The van der Waals surface area contributed by atoms with Crippen LogP contribution in [0.2, 0.25) is 0 Å². The van der Waals surface area contributed by atoms with Crippen LogP contribution >= 0.6 is 11.3 Å². The molecule has 0 unspecified atom stereocenters. The largest absolute Gasteiger partial charge is 0.352 e. The molecular formula is C19H18N6S. The van der Waals surface area contributed by atoms with E-state index in [1.54, 1.807) is 16.0 Å². The van der Waals surface area contributed by atoms with Crippen LogP contribution in [0.5, 0.6) is 0 Å². The van der Waals surface area contributed by atoms with Crippen LogP contribution in [0.1, 0.15) is 10.6 Å². The van der Waals surface area contributed by atoms with Gasteiger partial charge in [0.15, 0.2) is 0 Å². The average molecular weight is 362 g/mol. The van der Waals surface area contributed by atoms with Crippen molar-refractivity contribution in [1.82, 2.24) is 25.2 Å². The molecule has 26 heavy (non-hydrogen) atoms. The van der Waals surface area contributed by atoms with E-state index in [1.165, 1.54) is 5.56 Å². The van der Waals surface area contributed by atoms with Gasteiger partial charge in [0.05, 0.1) is 16.4 Å². The standard InChI is InChI=1S/C19H18N6S/c1-14-21-18(13-26-14)16-9-7-15(8-10-16)11-12-20-19-22-23-24-25(19)17-5-3-2-4-6-17/h2-10,13H,11-12H2,1H3,(H,20,22,24). The Hall–Kier alpha value is -3.06. The highest BCUT2D eigenvalue weighted by molar-refractivity contribution is 7.09. The molecule has 0 aliphatic carbocycles. The van der Waals surface area contributed by atoms with Gasteiger partial charge in [0.1, 0.15) is 0 Å². The van der Waals surface area contributed by atoms with E-state index in [4.69, 9.17) is 0 Å². The van der Waals surface area contributed by atoms with Crippen molar-refractivity contribution in [1.29, 1.82) is 0 Å². The monoisotopic (exact) mass is 362 g/mol. The third-order valence-corrected chi connectivity index (χ3v) is 4.81. The molecule has 0 saturated carbocycles. The lowest BCUT2D eigenvalue weighted by molar-refractivity contribution is 0.789. The van der Waals surface area contributed by atoms with Crippen LogP contribution in [0.4, 0.5) is 5.95 Å². The molecule has 4 rings (SSSR count). The second kappa shape index (κ2) is 7.45. The molecule has 6 nitrogen and oxygen atoms in total. The number of benzene rings is 2. The molecule has 0 amide bonds. The Labute approximate surface area is 155 Å². The van der Waals surface area contributed by atoms with Gasteiger partial charge in [-0.05, 0) is 41.5 Å². The van der Waals surface area contributed by atoms with Gasteiger partial charge in [0, 0.05) is 17.5 Å². The molecule has 1 N–H and O–H groups in total. The SMILES string of the molecule is Cc1nc(-c2ccc(CCNc3nnnn3-c3ccccc3)cc2)cs1. The smallest absolute Gasteiger partial charge is 0.247 e. The molecule has 0 bridgehead atoms. The van der Waals surface area contributed by atoms with Crippen molar-refractivity contribution in [3.63, 3.8) is 0 Å². The van der Waals surface area contributed by atoms with Crippen LogP contribution in [0.3, 0.4) is 0 Å². The Bertz CT molecular complexity index is 975. The molecule has 0 radical (unpaired) electrons. The van der Waals surface area contributed by atoms with Crippen LogP contribution in [0, 0.1) is 6.92 Å². The number of nitrogens with one attached hydrogen (secondary N) is 1. The highest BCUT2D eigenvalue weighted by atomic mass is 32.1. The number of aromatic nitrogens is 5. The predicted molar refractivity (Wildman–Crippen MR) is 104 cm³/mol. The number of aryl methyl sites for hydroxylation is 1. The lowest BCUT2D eigenvalue weighted by Crippen LogP contribution is -2.10. The Kier molecular flexibility index (Phi) is 4.70. The summed E-state index contributed by atoms with van der Waals surface area (Å²) in [7, 11) is 0. The number of hydrogen-bond donors (Lipinski definition) is 1. The molecule has 0 aliphatic rings. The third-order valence-electron chi connectivity index (χ3n) is 4.04. The molecule has 0 aliphatic heterocycles. The summed E-state index contributed by atoms with van der Waals surface area (Å²) < 4.78 is 1.70. The van der Waals surface area contributed by atoms with Crippen LogP contribution in [-0.2, 0) is 6.42 Å². The third kappa shape index (κ3) is 3.62. The summed E-state index contributed by atoms with van der Waals surface area (Å²) in [6.07, 6.45) is 0.887. The molecule has 2 aromatic heterocycles. The number of tetrazole rings is 1. The van der Waals surface area contributed by atoms with Gasteiger partial charge in [-0.3, -0.25) is 0 Å². The summed E-state index contributed by atoms with van der Waals surface area (Å²) in [5.41, 5.74) is 4.38. The number of para-hydroxylation sites is 1. The fourth-order valence-electron chi connectivity index (χ4n) is 2.70. The molecular weight excluding hydrogens is 344 g/mol. The van der Waals surface area contributed by atoms with E-state index in [2.05, 4.69) is 55.5 Å². The summed E-state index contributed by atoms with van der Waals surface area (Å²) >= 11 is 1.67. The fraction of sp³-hybridized carbons (Fsp3) is 0.158. The quantitative estimate of drug-likeness (QED) is 0.566. The summed E-state index contributed by atoms with van der Waals surface area (Å²) in [5, 5.41) is 18.4. The first kappa shape index (κ1) is 16.4. The number of anilines is 1. The molecule has 4 aromatic rings. The molecule has 0 spiro atoms. The van der Waals surface area contributed by atoms with Gasteiger partial charge in [-0.2, -0.15) is 4.68 Å². The maximum absolute atomic E-state index is 4.53. The number of nitrogens with zero attached hydrogens (tertiary/aromatic N) is 5. The second-order valence-corrected chi connectivity index (χ2v) is 6.94. The number of hydrogen-bond acceptors (Lipinski definition) is 6. The Morgan fingerprint density at radius 3 is 2.58 bits per heavy atom.